The Balaban J connectivity index is 2.48. The summed E-state index contributed by atoms with van der Waals surface area (Å²) < 4.78 is 13.4. The lowest BCUT2D eigenvalue weighted by atomic mass is 10.2. The van der Waals surface area contributed by atoms with E-state index in [2.05, 4.69) is 4.98 Å². The molecule has 2 rings (SSSR count). The Morgan fingerprint density at radius 3 is 2.93 bits per heavy atom. The van der Waals surface area contributed by atoms with Crippen molar-refractivity contribution in [3.05, 3.63) is 40.1 Å². The third-order valence-corrected chi connectivity index (χ3v) is 3.03. The van der Waals surface area contributed by atoms with Crippen LogP contribution in [0.4, 0.5) is 4.39 Å². The van der Waals surface area contributed by atoms with Gasteiger partial charge in [-0.15, -0.1) is 11.3 Å². The van der Waals surface area contributed by atoms with Crippen molar-refractivity contribution >= 4 is 22.9 Å². The van der Waals surface area contributed by atoms with Crippen LogP contribution in [0.15, 0.2) is 23.6 Å². The monoisotopic (exact) mass is 243 g/mol. The molecule has 0 aliphatic rings. The van der Waals surface area contributed by atoms with Gasteiger partial charge in [-0.3, -0.25) is 0 Å². The van der Waals surface area contributed by atoms with Crippen LogP contribution in [0.25, 0.3) is 10.6 Å². The summed E-state index contributed by atoms with van der Waals surface area (Å²) >= 11 is 7.05. The number of nitrogens with zero attached hydrogens (tertiary/aromatic N) is 1. The van der Waals surface area contributed by atoms with Gasteiger partial charge < -0.3 is 5.11 Å². The molecule has 0 amide bonds. The summed E-state index contributed by atoms with van der Waals surface area (Å²) in [5.41, 5.74) is 0.904. The average Bonchev–Trinajstić information content (AvgIpc) is 2.70. The molecule has 0 aliphatic carbocycles. The van der Waals surface area contributed by atoms with Gasteiger partial charge in [-0.05, 0) is 18.2 Å². The normalized spacial score (nSPS) is 10.6. The molecule has 0 aliphatic heterocycles. The Morgan fingerprint density at radius 1 is 1.47 bits per heavy atom. The van der Waals surface area contributed by atoms with Gasteiger partial charge in [0.1, 0.15) is 10.8 Å². The Hall–Kier alpha value is -0.970. The first-order valence-electron chi connectivity index (χ1n) is 4.21. The number of benzene rings is 1. The fourth-order valence-corrected chi connectivity index (χ4v) is 2.17. The van der Waals surface area contributed by atoms with Gasteiger partial charge in [-0.2, -0.15) is 0 Å². The van der Waals surface area contributed by atoms with Crippen molar-refractivity contribution in [3.63, 3.8) is 0 Å². The first-order valence-corrected chi connectivity index (χ1v) is 5.47. The first-order chi connectivity index (χ1) is 7.20. The molecule has 0 spiro atoms. The lowest BCUT2D eigenvalue weighted by molar-refractivity contribution is 0.278. The van der Waals surface area contributed by atoms with Gasteiger partial charge >= 0.3 is 0 Å². The van der Waals surface area contributed by atoms with Gasteiger partial charge in [-0.1, -0.05) is 11.6 Å². The molecule has 0 saturated carbocycles. The van der Waals surface area contributed by atoms with Gasteiger partial charge in [-0.25, -0.2) is 9.37 Å². The van der Waals surface area contributed by atoms with Crippen molar-refractivity contribution < 1.29 is 9.50 Å². The highest BCUT2D eigenvalue weighted by Gasteiger charge is 2.09. The maximum Gasteiger partial charge on any atom is 0.133 e. The summed E-state index contributed by atoms with van der Waals surface area (Å²) in [5.74, 6) is -0.363. The molecule has 2 nitrogen and oxygen atoms in total. The fourth-order valence-electron chi connectivity index (χ4n) is 1.16. The van der Waals surface area contributed by atoms with Crippen LogP contribution in [-0.2, 0) is 6.61 Å². The molecule has 0 bridgehead atoms. The minimum atomic E-state index is -0.363. The molecule has 78 valence electrons. The Bertz CT molecular complexity index is 486. The van der Waals surface area contributed by atoms with Crippen LogP contribution in [0.5, 0.6) is 0 Å². The maximum atomic E-state index is 13.4. The van der Waals surface area contributed by atoms with Crippen molar-refractivity contribution in [2.45, 2.75) is 6.61 Å². The molecular weight excluding hydrogens is 237 g/mol. The molecule has 5 heteroatoms. The smallest absolute Gasteiger partial charge is 0.133 e. The molecule has 1 aromatic carbocycles. The Labute approximate surface area is 95.0 Å². The zero-order valence-corrected chi connectivity index (χ0v) is 9.15. The van der Waals surface area contributed by atoms with Crippen molar-refractivity contribution in [1.82, 2.24) is 4.98 Å². The van der Waals surface area contributed by atoms with E-state index in [4.69, 9.17) is 16.7 Å². The molecule has 0 radical (unpaired) electrons. The van der Waals surface area contributed by atoms with Crippen LogP contribution in [0.1, 0.15) is 5.69 Å². The van der Waals surface area contributed by atoms with Crippen LogP contribution in [0.3, 0.4) is 0 Å². The van der Waals surface area contributed by atoms with Crippen LogP contribution >= 0.6 is 22.9 Å². The van der Waals surface area contributed by atoms with Crippen molar-refractivity contribution in [2.75, 3.05) is 0 Å². The molecule has 0 saturated heterocycles. The molecule has 0 fully saturated rings. The average molecular weight is 244 g/mol. The van der Waals surface area contributed by atoms with Gasteiger partial charge in [0, 0.05) is 16.0 Å². The number of halogens is 2. The van der Waals surface area contributed by atoms with E-state index in [1.807, 2.05) is 0 Å². The Kier molecular flexibility index (Phi) is 3.00. The Morgan fingerprint density at radius 2 is 2.27 bits per heavy atom. The number of aromatic nitrogens is 1. The minimum absolute atomic E-state index is 0.140. The largest absolute Gasteiger partial charge is 0.390 e. The molecule has 1 aromatic heterocycles. The van der Waals surface area contributed by atoms with Crippen LogP contribution < -0.4 is 0 Å². The maximum absolute atomic E-state index is 13.4. The summed E-state index contributed by atoms with van der Waals surface area (Å²) in [4.78, 5) is 4.07. The quantitative estimate of drug-likeness (QED) is 0.879. The second-order valence-electron chi connectivity index (χ2n) is 2.93. The van der Waals surface area contributed by atoms with Crippen molar-refractivity contribution in [1.29, 1.82) is 0 Å². The summed E-state index contributed by atoms with van der Waals surface area (Å²) in [7, 11) is 0. The molecule has 2 aromatic rings. The number of aliphatic hydroxyl groups excluding tert-OH is 1. The van der Waals surface area contributed by atoms with E-state index >= 15 is 0 Å². The minimum Gasteiger partial charge on any atom is -0.390 e. The predicted molar refractivity (Wildman–Crippen MR) is 58.4 cm³/mol. The van der Waals surface area contributed by atoms with Gasteiger partial charge in [0.2, 0.25) is 0 Å². The van der Waals surface area contributed by atoms with Crippen LogP contribution in [-0.4, -0.2) is 10.1 Å². The van der Waals surface area contributed by atoms with Gasteiger partial charge in [0.05, 0.1) is 12.3 Å². The van der Waals surface area contributed by atoms with Crippen molar-refractivity contribution in [3.8, 4) is 10.6 Å². The number of aliphatic hydroxyl groups is 1. The fraction of sp³-hybridized carbons (Fsp3) is 0.100. The van der Waals surface area contributed by atoms with Gasteiger partial charge in [0.25, 0.3) is 0 Å². The molecule has 15 heavy (non-hydrogen) atoms. The number of hydrogen-bond acceptors (Lipinski definition) is 3. The number of hydrogen-bond donors (Lipinski definition) is 1. The zero-order valence-electron chi connectivity index (χ0n) is 7.58. The second-order valence-corrected chi connectivity index (χ2v) is 4.22. The first kappa shape index (κ1) is 10.5. The van der Waals surface area contributed by atoms with E-state index in [0.717, 1.165) is 0 Å². The van der Waals surface area contributed by atoms with Crippen molar-refractivity contribution in [2.24, 2.45) is 0 Å². The predicted octanol–water partition coefficient (Wildman–Crippen LogP) is 3.09. The molecule has 0 unspecified atom stereocenters. The van der Waals surface area contributed by atoms with Gasteiger partial charge in [0.15, 0.2) is 0 Å². The van der Waals surface area contributed by atoms with E-state index in [9.17, 15) is 4.39 Å². The summed E-state index contributed by atoms with van der Waals surface area (Å²) in [5, 5.41) is 11.5. The molecular formula is C10H7ClFNOS. The SMILES string of the molecule is OCc1csc(-c2cc(Cl)ccc2F)n1. The summed E-state index contributed by atoms with van der Waals surface area (Å²) in [6.45, 7) is -0.140. The highest BCUT2D eigenvalue weighted by Crippen LogP contribution is 2.28. The standard InChI is InChI=1S/C10H7ClFNOS/c11-6-1-2-9(12)8(3-6)10-13-7(4-14)5-15-10/h1-3,5,14H,4H2. The van der Waals surface area contributed by atoms with E-state index in [-0.39, 0.29) is 12.4 Å². The third-order valence-electron chi connectivity index (χ3n) is 1.87. The van der Waals surface area contributed by atoms with Crippen LogP contribution in [0.2, 0.25) is 5.02 Å². The molecule has 1 N–H and O–H groups in total. The highest BCUT2D eigenvalue weighted by atomic mass is 35.5. The topological polar surface area (TPSA) is 33.1 Å². The third kappa shape index (κ3) is 2.17. The lowest BCUT2D eigenvalue weighted by Crippen LogP contribution is -1.86. The zero-order chi connectivity index (χ0) is 10.8. The number of rotatable bonds is 2. The second kappa shape index (κ2) is 4.26. The number of thiazole rings is 1. The van der Waals surface area contributed by atoms with E-state index in [1.54, 1.807) is 5.38 Å². The van der Waals surface area contributed by atoms with E-state index in [1.165, 1.54) is 29.5 Å². The van der Waals surface area contributed by atoms with Crippen LogP contribution in [0, 0.1) is 5.82 Å². The van der Waals surface area contributed by atoms with E-state index < -0.39 is 0 Å². The van der Waals surface area contributed by atoms with E-state index in [0.29, 0.717) is 21.3 Å². The summed E-state index contributed by atoms with van der Waals surface area (Å²) in [6.07, 6.45) is 0. The summed E-state index contributed by atoms with van der Waals surface area (Å²) in [6, 6.07) is 4.31. The highest BCUT2D eigenvalue weighted by molar-refractivity contribution is 7.13. The molecule has 1 heterocycles. The lowest BCUT2D eigenvalue weighted by Gasteiger charge is -1.99. The molecule has 0 atom stereocenters.